The molecule has 0 fully saturated rings. The van der Waals surface area contributed by atoms with Crippen LogP contribution in [0.1, 0.15) is 5.56 Å². The Hall–Kier alpha value is -1.34. The molecule has 8 heteroatoms. The molecule has 0 aliphatic carbocycles. The van der Waals surface area contributed by atoms with Crippen LogP contribution in [0.15, 0.2) is 41.6 Å². The number of rotatable bonds is 5. The summed E-state index contributed by atoms with van der Waals surface area (Å²) in [6.07, 6.45) is 1.51. The van der Waals surface area contributed by atoms with Crippen molar-refractivity contribution in [3.63, 3.8) is 0 Å². The van der Waals surface area contributed by atoms with Crippen LogP contribution >= 0.6 is 23.2 Å². The van der Waals surface area contributed by atoms with Crippen LogP contribution < -0.4 is 10.0 Å². The van der Waals surface area contributed by atoms with Crippen molar-refractivity contribution in [1.29, 1.82) is 0 Å². The summed E-state index contributed by atoms with van der Waals surface area (Å²) in [6.45, 7) is 0.615. The smallest absolute Gasteiger partial charge is 0.279 e. The minimum absolute atomic E-state index is 0.0756. The number of sulfonamides is 1. The summed E-state index contributed by atoms with van der Waals surface area (Å²) >= 11 is 11.7. The van der Waals surface area contributed by atoms with Gasteiger partial charge in [0, 0.05) is 17.8 Å². The molecule has 2 N–H and O–H groups in total. The van der Waals surface area contributed by atoms with E-state index in [2.05, 4.69) is 15.0 Å². The number of nitrogens with one attached hydrogen (secondary N) is 2. The largest absolute Gasteiger partial charge is 0.316 e. The molecule has 1 aromatic heterocycles. The molecule has 2 aromatic rings. The fourth-order valence-corrected chi connectivity index (χ4v) is 3.17. The fourth-order valence-electron chi connectivity index (χ4n) is 1.65. The van der Waals surface area contributed by atoms with Gasteiger partial charge in [0.15, 0.2) is 5.03 Å². The van der Waals surface area contributed by atoms with Crippen molar-refractivity contribution in [3.8, 4) is 0 Å². The maximum absolute atomic E-state index is 12.2. The van der Waals surface area contributed by atoms with Crippen molar-refractivity contribution in [2.45, 2.75) is 11.6 Å². The number of aromatic nitrogens is 1. The van der Waals surface area contributed by atoms with Gasteiger partial charge in [0.2, 0.25) is 0 Å². The summed E-state index contributed by atoms with van der Waals surface area (Å²) in [4.78, 5) is 3.95. The van der Waals surface area contributed by atoms with Crippen molar-refractivity contribution in [1.82, 2.24) is 10.3 Å². The molecular weight excluding hydrogens is 333 g/mol. The Morgan fingerprint density at radius 1 is 1.19 bits per heavy atom. The third-order valence-corrected chi connectivity index (χ3v) is 4.46. The lowest BCUT2D eigenvalue weighted by molar-refractivity contribution is 0.597. The number of hydrogen-bond acceptors (Lipinski definition) is 4. The van der Waals surface area contributed by atoms with Gasteiger partial charge < -0.3 is 5.32 Å². The number of anilines is 1. The molecule has 0 aliphatic rings. The average Bonchev–Trinajstić information content (AvgIpc) is 2.43. The molecule has 0 spiro atoms. The van der Waals surface area contributed by atoms with E-state index in [9.17, 15) is 8.42 Å². The summed E-state index contributed by atoms with van der Waals surface area (Å²) in [6, 6.07) is 7.65. The van der Waals surface area contributed by atoms with Gasteiger partial charge in [0.1, 0.15) is 0 Å². The second-order valence-corrected chi connectivity index (χ2v) is 6.74. The average molecular weight is 346 g/mol. The SMILES string of the molecule is CNCc1ccc(S(=O)(=O)Nc2ccc(Cl)cc2Cl)nc1. The Balaban J connectivity index is 2.25. The van der Waals surface area contributed by atoms with Gasteiger partial charge in [-0.15, -0.1) is 0 Å². The van der Waals surface area contributed by atoms with E-state index in [1.807, 2.05) is 0 Å². The summed E-state index contributed by atoms with van der Waals surface area (Å²) in [5, 5.41) is 3.53. The third kappa shape index (κ3) is 4.07. The highest BCUT2D eigenvalue weighted by molar-refractivity contribution is 7.92. The van der Waals surface area contributed by atoms with E-state index in [0.29, 0.717) is 11.6 Å². The molecule has 5 nitrogen and oxygen atoms in total. The first-order valence-corrected chi connectivity index (χ1v) is 8.23. The highest BCUT2D eigenvalue weighted by Crippen LogP contribution is 2.27. The zero-order valence-electron chi connectivity index (χ0n) is 11.1. The van der Waals surface area contributed by atoms with E-state index in [-0.39, 0.29) is 15.7 Å². The van der Waals surface area contributed by atoms with Gasteiger partial charge in [-0.3, -0.25) is 4.72 Å². The monoisotopic (exact) mass is 345 g/mol. The van der Waals surface area contributed by atoms with E-state index < -0.39 is 10.0 Å². The Labute approximate surface area is 133 Å². The molecule has 1 aromatic carbocycles. The lowest BCUT2D eigenvalue weighted by Gasteiger charge is -2.09. The van der Waals surface area contributed by atoms with Crippen molar-refractivity contribution >= 4 is 38.9 Å². The zero-order chi connectivity index (χ0) is 15.5. The summed E-state index contributed by atoms with van der Waals surface area (Å²) in [5.74, 6) is 0. The molecule has 1 heterocycles. The Bertz CT molecular complexity index is 734. The molecule has 0 amide bonds. The van der Waals surface area contributed by atoms with E-state index >= 15 is 0 Å². The quantitative estimate of drug-likeness (QED) is 0.873. The van der Waals surface area contributed by atoms with Gasteiger partial charge >= 0.3 is 0 Å². The number of pyridine rings is 1. The summed E-state index contributed by atoms with van der Waals surface area (Å²) in [7, 11) is -1.99. The van der Waals surface area contributed by atoms with Gasteiger partial charge in [-0.25, -0.2) is 4.98 Å². The second kappa shape index (κ2) is 6.62. The van der Waals surface area contributed by atoms with Gasteiger partial charge in [-0.2, -0.15) is 8.42 Å². The van der Waals surface area contributed by atoms with Crippen LogP contribution in [-0.2, 0) is 16.6 Å². The van der Waals surface area contributed by atoms with Crippen LogP contribution in [0.5, 0.6) is 0 Å². The maximum Gasteiger partial charge on any atom is 0.279 e. The van der Waals surface area contributed by atoms with Crippen molar-refractivity contribution in [2.75, 3.05) is 11.8 Å². The fraction of sp³-hybridized carbons (Fsp3) is 0.154. The van der Waals surface area contributed by atoms with Crippen LogP contribution in [0.4, 0.5) is 5.69 Å². The van der Waals surface area contributed by atoms with Crippen LogP contribution in [-0.4, -0.2) is 20.4 Å². The van der Waals surface area contributed by atoms with Crippen molar-refractivity contribution in [2.24, 2.45) is 0 Å². The third-order valence-electron chi connectivity index (χ3n) is 2.63. The van der Waals surface area contributed by atoms with Crippen molar-refractivity contribution < 1.29 is 8.42 Å². The molecule has 0 bridgehead atoms. The van der Waals surface area contributed by atoms with E-state index in [1.54, 1.807) is 19.2 Å². The van der Waals surface area contributed by atoms with Gasteiger partial charge in [-0.05, 0) is 36.9 Å². The molecule has 0 aliphatic heterocycles. The molecule has 21 heavy (non-hydrogen) atoms. The van der Waals surface area contributed by atoms with E-state index in [4.69, 9.17) is 23.2 Å². The molecule has 0 unspecified atom stereocenters. The second-order valence-electron chi connectivity index (χ2n) is 4.26. The van der Waals surface area contributed by atoms with E-state index in [0.717, 1.165) is 5.56 Å². The van der Waals surface area contributed by atoms with Crippen molar-refractivity contribution in [3.05, 3.63) is 52.1 Å². The first-order chi connectivity index (χ1) is 9.92. The van der Waals surface area contributed by atoms with Crippen LogP contribution in [0.2, 0.25) is 10.0 Å². The molecule has 0 saturated carbocycles. The highest BCUT2D eigenvalue weighted by Gasteiger charge is 2.17. The van der Waals surface area contributed by atoms with Crippen LogP contribution in [0.3, 0.4) is 0 Å². The molecular formula is C13H13Cl2N3O2S. The summed E-state index contributed by atoms with van der Waals surface area (Å²) < 4.78 is 26.8. The Morgan fingerprint density at radius 3 is 2.52 bits per heavy atom. The lowest BCUT2D eigenvalue weighted by Crippen LogP contribution is -2.15. The number of halogens is 2. The standard InChI is InChI=1S/C13H13Cl2N3O2S/c1-16-7-9-2-5-13(17-8-9)21(19,20)18-12-4-3-10(14)6-11(12)15/h2-6,8,16,18H,7H2,1H3. The Morgan fingerprint density at radius 2 is 1.95 bits per heavy atom. The predicted octanol–water partition coefficient (Wildman–Crippen LogP) is 2.91. The Kier molecular flexibility index (Phi) is 5.05. The lowest BCUT2D eigenvalue weighted by atomic mass is 10.3. The minimum Gasteiger partial charge on any atom is -0.316 e. The molecule has 0 saturated heterocycles. The first kappa shape index (κ1) is 16.0. The van der Waals surface area contributed by atoms with E-state index in [1.165, 1.54) is 24.4 Å². The highest BCUT2D eigenvalue weighted by atomic mass is 35.5. The number of nitrogens with zero attached hydrogens (tertiary/aromatic N) is 1. The minimum atomic E-state index is -3.79. The number of hydrogen-bond donors (Lipinski definition) is 2. The first-order valence-electron chi connectivity index (χ1n) is 6.00. The van der Waals surface area contributed by atoms with Gasteiger partial charge in [0.05, 0.1) is 10.7 Å². The molecule has 112 valence electrons. The predicted molar refractivity (Wildman–Crippen MR) is 84.3 cm³/mol. The van der Waals surface area contributed by atoms with Gasteiger partial charge in [-0.1, -0.05) is 29.3 Å². The van der Waals surface area contributed by atoms with Crippen LogP contribution in [0, 0.1) is 0 Å². The number of benzene rings is 1. The maximum atomic E-state index is 12.2. The molecule has 2 rings (SSSR count). The van der Waals surface area contributed by atoms with Crippen LogP contribution in [0.25, 0.3) is 0 Å². The molecule has 0 radical (unpaired) electrons. The zero-order valence-corrected chi connectivity index (χ0v) is 13.4. The molecule has 0 atom stereocenters. The topological polar surface area (TPSA) is 71.1 Å². The normalized spacial score (nSPS) is 11.4. The summed E-state index contributed by atoms with van der Waals surface area (Å²) in [5.41, 5.74) is 1.14. The van der Waals surface area contributed by atoms with Gasteiger partial charge in [0.25, 0.3) is 10.0 Å².